The van der Waals surface area contributed by atoms with E-state index in [9.17, 15) is 4.79 Å². The van der Waals surface area contributed by atoms with Crippen LogP contribution in [-0.2, 0) is 4.79 Å². The van der Waals surface area contributed by atoms with E-state index in [2.05, 4.69) is 4.90 Å². The van der Waals surface area contributed by atoms with Gasteiger partial charge in [-0.25, -0.2) is 0 Å². The number of hydrogen-bond donors (Lipinski definition) is 1. The second-order valence-electron chi connectivity index (χ2n) is 5.77. The highest BCUT2D eigenvalue weighted by Crippen LogP contribution is 2.21. The first-order valence-corrected chi connectivity index (χ1v) is 7.88. The van der Waals surface area contributed by atoms with E-state index in [1.54, 1.807) is 7.11 Å². The molecule has 0 radical (unpaired) electrons. The van der Waals surface area contributed by atoms with Crippen molar-refractivity contribution in [3.8, 4) is 11.5 Å². The predicted octanol–water partition coefficient (Wildman–Crippen LogP) is 2.65. The molecular weight excluding hydrogens is 282 g/mol. The van der Waals surface area contributed by atoms with Gasteiger partial charge in [-0.15, -0.1) is 0 Å². The molecule has 1 N–H and O–H groups in total. The third-order valence-electron chi connectivity index (χ3n) is 4.09. The molecule has 0 aromatic heterocycles. The number of aliphatic carboxylic acids is 1. The largest absolute Gasteiger partial charge is 0.497 e. The van der Waals surface area contributed by atoms with E-state index in [-0.39, 0.29) is 6.42 Å². The number of hydrogen-bond acceptors (Lipinski definition) is 4. The van der Waals surface area contributed by atoms with Gasteiger partial charge in [0.05, 0.1) is 7.11 Å². The predicted molar refractivity (Wildman–Crippen MR) is 84.5 cm³/mol. The molecule has 1 aromatic rings. The quantitative estimate of drug-likeness (QED) is 0.800. The number of methoxy groups -OCH3 is 1. The second kappa shape index (κ2) is 8.63. The van der Waals surface area contributed by atoms with Crippen LogP contribution < -0.4 is 9.47 Å². The summed E-state index contributed by atoms with van der Waals surface area (Å²) in [5, 5.41) is 8.78. The number of carboxylic acid groups (broad SMARTS) is 1. The highest BCUT2D eigenvalue weighted by atomic mass is 16.5. The minimum Gasteiger partial charge on any atom is -0.497 e. The van der Waals surface area contributed by atoms with Crippen molar-refractivity contribution in [2.45, 2.75) is 25.7 Å². The fourth-order valence-corrected chi connectivity index (χ4v) is 2.90. The van der Waals surface area contributed by atoms with Crippen molar-refractivity contribution in [1.29, 1.82) is 0 Å². The van der Waals surface area contributed by atoms with Crippen LogP contribution in [0.25, 0.3) is 0 Å². The first-order chi connectivity index (χ1) is 10.7. The zero-order valence-electron chi connectivity index (χ0n) is 13.2. The standard InChI is InChI=1S/C17H25NO4/c1-21-15-5-2-6-16(12-15)22-11-10-18-9-3-4-14(13-18)7-8-17(19)20/h2,5-6,12,14H,3-4,7-11,13H2,1H3,(H,19,20). The molecule has 1 saturated heterocycles. The maximum Gasteiger partial charge on any atom is 0.303 e. The Balaban J connectivity index is 1.70. The average Bonchev–Trinajstić information content (AvgIpc) is 2.53. The summed E-state index contributed by atoms with van der Waals surface area (Å²) in [4.78, 5) is 13.0. The van der Waals surface area contributed by atoms with Gasteiger partial charge in [0.2, 0.25) is 0 Å². The van der Waals surface area contributed by atoms with Gasteiger partial charge in [-0.3, -0.25) is 9.69 Å². The average molecular weight is 307 g/mol. The Bertz CT molecular complexity index is 477. The summed E-state index contributed by atoms with van der Waals surface area (Å²) in [6.45, 7) is 3.57. The Labute approximate surface area is 131 Å². The van der Waals surface area contributed by atoms with Gasteiger partial charge >= 0.3 is 5.97 Å². The van der Waals surface area contributed by atoms with Crippen LogP contribution in [0.2, 0.25) is 0 Å². The summed E-state index contributed by atoms with van der Waals surface area (Å²) in [5.74, 6) is 1.42. The minimum absolute atomic E-state index is 0.277. The summed E-state index contributed by atoms with van der Waals surface area (Å²) in [6, 6.07) is 7.61. The Morgan fingerprint density at radius 3 is 3.00 bits per heavy atom. The Morgan fingerprint density at radius 1 is 1.41 bits per heavy atom. The summed E-state index contributed by atoms with van der Waals surface area (Å²) < 4.78 is 10.9. The topological polar surface area (TPSA) is 59.0 Å². The fourth-order valence-electron chi connectivity index (χ4n) is 2.90. The Morgan fingerprint density at radius 2 is 2.23 bits per heavy atom. The van der Waals surface area contributed by atoms with Crippen LogP contribution in [0.4, 0.5) is 0 Å². The molecule has 1 atom stereocenters. The lowest BCUT2D eigenvalue weighted by atomic mass is 9.93. The van der Waals surface area contributed by atoms with Crippen LogP contribution in [0.15, 0.2) is 24.3 Å². The zero-order valence-corrected chi connectivity index (χ0v) is 13.2. The maximum atomic E-state index is 10.7. The van der Waals surface area contributed by atoms with E-state index >= 15 is 0 Å². The van der Waals surface area contributed by atoms with Gasteiger partial charge in [0.1, 0.15) is 18.1 Å². The maximum absolute atomic E-state index is 10.7. The van der Waals surface area contributed by atoms with Crippen LogP contribution in [0.5, 0.6) is 11.5 Å². The first kappa shape index (κ1) is 16.6. The minimum atomic E-state index is -0.696. The van der Waals surface area contributed by atoms with Crippen molar-refractivity contribution in [2.75, 3.05) is 33.4 Å². The number of carboxylic acids is 1. The number of likely N-dealkylation sites (tertiary alicyclic amines) is 1. The van der Waals surface area contributed by atoms with E-state index in [1.807, 2.05) is 24.3 Å². The molecule has 2 rings (SSSR count). The molecule has 5 nitrogen and oxygen atoms in total. The van der Waals surface area contributed by atoms with E-state index < -0.39 is 5.97 Å². The van der Waals surface area contributed by atoms with Gasteiger partial charge in [0.15, 0.2) is 0 Å². The van der Waals surface area contributed by atoms with Crippen LogP contribution >= 0.6 is 0 Å². The smallest absolute Gasteiger partial charge is 0.303 e. The van der Waals surface area contributed by atoms with Crippen molar-refractivity contribution >= 4 is 5.97 Å². The summed E-state index contributed by atoms with van der Waals surface area (Å²) in [7, 11) is 1.64. The Hall–Kier alpha value is -1.75. The molecule has 1 aromatic carbocycles. The van der Waals surface area contributed by atoms with Crippen molar-refractivity contribution in [2.24, 2.45) is 5.92 Å². The molecule has 5 heteroatoms. The summed E-state index contributed by atoms with van der Waals surface area (Å²) in [6.07, 6.45) is 3.34. The zero-order chi connectivity index (χ0) is 15.8. The molecule has 0 aliphatic carbocycles. The van der Waals surface area contributed by atoms with E-state index in [0.717, 1.165) is 50.4 Å². The van der Waals surface area contributed by atoms with Gasteiger partial charge in [0.25, 0.3) is 0 Å². The lowest BCUT2D eigenvalue weighted by molar-refractivity contribution is -0.137. The van der Waals surface area contributed by atoms with Crippen LogP contribution in [-0.4, -0.2) is 49.3 Å². The van der Waals surface area contributed by atoms with E-state index in [4.69, 9.17) is 14.6 Å². The lowest BCUT2D eigenvalue weighted by Gasteiger charge is -2.32. The molecule has 122 valence electrons. The fraction of sp³-hybridized carbons (Fsp3) is 0.588. The number of carbonyl (C=O) groups is 1. The molecule has 1 heterocycles. The monoisotopic (exact) mass is 307 g/mol. The van der Waals surface area contributed by atoms with Gasteiger partial charge in [0, 0.05) is 25.6 Å². The normalized spacial score (nSPS) is 18.9. The molecule has 1 aliphatic heterocycles. The van der Waals surface area contributed by atoms with Crippen molar-refractivity contribution < 1.29 is 19.4 Å². The molecule has 0 bridgehead atoms. The highest BCUT2D eigenvalue weighted by molar-refractivity contribution is 5.66. The number of ether oxygens (including phenoxy) is 2. The van der Waals surface area contributed by atoms with Crippen molar-refractivity contribution in [3.63, 3.8) is 0 Å². The molecule has 22 heavy (non-hydrogen) atoms. The number of benzene rings is 1. The molecule has 0 saturated carbocycles. The highest BCUT2D eigenvalue weighted by Gasteiger charge is 2.20. The third-order valence-corrected chi connectivity index (χ3v) is 4.09. The molecule has 0 spiro atoms. The van der Waals surface area contributed by atoms with Gasteiger partial charge in [-0.05, 0) is 43.9 Å². The van der Waals surface area contributed by atoms with Crippen LogP contribution in [0, 0.1) is 5.92 Å². The van der Waals surface area contributed by atoms with Gasteiger partial charge in [-0.1, -0.05) is 6.07 Å². The van der Waals surface area contributed by atoms with E-state index in [0.29, 0.717) is 12.5 Å². The summed E-state index contributed by atoms with van der Waals surface area (Å²) in [5.41, 5.74) is 0. The molecule has 1 unspecified atom stereocenters. The lowest BCUT2D eigenvalue weighted by Crippen LogP contribution is -2.38. The first-order valence-electron chi connectivity index (χ1n) is 7.88. The second-order valence-corrected chi connectivity index (χ2v) is 5.77. The Kier molecular flexibility index (Phi) is 6.52. The number of rotatable bonds is 8. The van der Waals surface area contributed by atoms with Gasteiger partial charge < -0.3 is 14.6 Å². The molecular formula is C17H25NO4. The van der Waals surface area contributed by atoms with Crippen molar-refractivity contribution in [3.05, 3.63) is 24.3 Å². The molecule has 1 aliphatic rings. The number of nitrogens with zero attached hydrogens (tertiary/aromatic N) is 1. The SMILES string of the molecule is COc1cccc(OCCN2CCCC(CCC(=O)O)C2)c1. The van der Waals surface area contributed by atoms with Crippen LogP contribution in [0.3, 0.4) is 0 Å². The van der Waals surface area contributed by atoms with Crippen LogP contribution in [0.1, 0.15) is 25.7 Å². The van der Waals surface area contributed by atoms with Crippen molar-refractivity contribution in [1.82, 2.24) is 4.90 Å². The molecule has 0 amide bonds. The third kappa shape index (κ3) is 5.56. The molecule has 1 fully saturated rings. The number of piperidine rings is 1. The summed E-state index contributed by atoms with van der Waals surface area (Å²) >= 11 is 0. The van der Waals surface area contributed by atoms with Gasteiger partial charge in [-0.2, -0.15) is 0 Å². The van der Waals surface area contributed by atoms with E-state index in [1.165, 1.54) is 0 Å².